The van der Waals surface area contributed by atoms with Crippen molar-refractivity contribution >= 4 is 17.7 Å². The first-order chi connectivity index (χ1) is 10.6. The Morgan fingerprint density at radius 1 is 1.41 bits per heavy atom. The van der Waals surface area contributed by atoms with Crippen LogP contribution in [0, 0.1) is 17.1 Å². The van der Waals surface area contributed by atoms with Crippen LogP contribution < -0.4 is 5.32 Å². The highest BCUT2D eigenvalue weighted by Gasteiger charge is 2.11. The molecule has 22 heavy (non-hydrogen) atoms. The minimum atomic E-state index is -0.308. The zero-order valence-corrected chi connectivity index (χ0v) is 12.7. The number of hydrogen-bond acceptors (Lipinski definition) is 4. The zero-order chi connectivity index (χ0) is 15.9. The molecule has 1 amide bonds. The lowest BCUT2D eigenvalue weighted by atomic mass is 10.1. The minimum Gasteiger partial charge on any atom is -0.349 e. The molecule has 1 atom stereocenters. The summed E-state index contributed by atoms with van der Waals surface area (Å²) >= 11 is 1.21. The quantitative estimate of drug-likeness (QED) is 0.861. The third-order valence-corrected chi connectivity index (χ3v) is 3.98. The van der Waals surface area contributed by atoms with Crippen molar-refractivity contribution in [1.29, 1.82) is 5.26 Å². The number of hydrogen-bond donors (Lipinski definition) is 1. The molecule has 0 fully saturated rings. The second-order valence-electron chi connectivity index (χ2n) is 4.60. The number of rotatable bonds is 5. The Bertz CT molecular complexity index is 697. The summed E-state index contributed by atoms with van der Waals surface area (Å²) in [6.07, 6.45) is 1.59. The lowest BCUT2D eigenvalue weighted by Gasteiger charge is -2.14. The Hall–Kier alpha value is -2.39. The van der Waals surface area contributed by atoms with Crippen molar-refractivity contribution in [3.63, 3.8) is 0 Å². The number of carbonyl (C=O) groups excluding carboxylic acids is 1. The Labute approximate surface area is 132 Å². The van der Waals surface area contributed by atoms with Crippen LogP contribution in [0.3, 0.4) is 0 Å². The fourth-order valence-corrected chi connectivity index (χ4v) is 2.60. The second kappa shape index (κ2) is 7.57. The molecule has 4 nitrogen and oxygen atoms in total. The molecule has 1 N–H and O–H groups in total. The molecule has 112 valence electrons. The molecule has 0 saturated heterocycles. The average Bonchev–Trinajstić information content (AvgIpc) is 2.53. The van der Waals surface area contributed by atoms with Crippen LogP contribution in [0.4, 0.5) is 4.39 Å². The monoisotopic (exact) mass is 315 g/mol. The van der Waals surface area contributed by atoms with Crippen LogP contribution in [0.25, 0.3) is 0 Å². The van der Waals surface area contributed by atoms with Crippen molar-refractivity contribution in [2.24, 2.45) is 0 Å². The Balaban J connectivity index is 1.90. The van der Waals surface area contributed by atoms with Crippen LogP contribution in [0.5, 0.6) is 0 Å². The van der Waals surface area contributed by atoms with Gasteiger partial charge in [0.25, 0.3) is 0 Å². The van der Waals surface area contributed by atoms with Gasteiger partial charge >= 0.3 is 0 Å². The molecule has 0 aliphatic rings. The maximum Gasteiger partial charge on any atom is 0.230 e. The van der Waals surface area contributed by atoms with Gasteiger partial charge in [0, 0.05) is 6.20 Å². The van der Waals surface area contributed by atoms with Gasteiger partial charge in [-0.05, 0) is 36.8 Å². The van der Waals surface area contributed by atoms with Crippen LogP contribution >= 0.6 is 11.8 Å². The number of carbonyl (C=O) groups is 1. The number of amides is 1. The summed E-state index contributed by atoms with van der Waals surface area (Å²) in [4.78, 5) is 16.0. The summed E-state index contributed by atoms with van der Waals surface area (Å²) in [5.74, 6) is -0.314. The Morgan fingerprint density at radius 2 is 2.14 bits per heavy atom. The third kappa shape index (κ3) is 4.30. The van der Waals surface area contributed by atoms with Crippen LogP contribution in [0.1, 0.15) is 24.1 Å². The van der Waals surface area contributed by atoms with E-state index in [9.17, 15) is 9.18 Å². The van der Waals surface area contributed by atoms with Crippen LogP contribution in [-0.4, -0.2) is 16.6 Å². The second-order valence-corrected chi connectivity index (χ2v) is 5.56. The first kappa shape index (κ1) is 16.0. The lowest BCUT2D eigenvalue weighted by Crippen LogP contribution is -2.28. The summed E-state index contributed by atoms with van der Waals surface area (Å²) < 4.78 is 12.9. The lowest BCUT2D eigenvalue weighted by molar-refractivity contribution is -0.119. The van der Waals surface area contributed by atoms with Crippen molar-refractivity contribution in [1.82, 2.24) is 10.3 Å². The Morgan fingerprint density at radius 3 is 2.82 bits per heavy atom. The highest BCUT2D eigenvalue weighted by molar-refractivity contribution is 7.99. The predicted molar refractivity (Wildman–Crippen MR) is 82.6 cm³/mol. The van der Waals surface area contributed by atoms with Gasteiger partial charge in [-0.3, -0.25) is 4.79 Å². The van der Waals surface area contributed by atoms with E-state index in [1.165, 1.54) is 23.9 Å². The minimum absolute atomic E-state index is 0.164. The van der Waals surface area contributed by atoms with E-state index in [1.54, 1.807) is 30.5 Å². The van der Waals surface area contributed by atoms with E-state index in [1.807, 2.05) is 13.0 Å². The molecule has 0 spiro atoms. The van der Waals surface area contributed by atoms with Gasteiger partial charge in [0.15, 0.2) is 0 Å². The fourth-order valence-electron chi connectivity index (χ4n) is 1.84. The molecule has 0 aliphatic heterocycles. The third-order valence-electron chi connectivity index (χ3n) is 2.98. The van der Waals surface area contributed by atoms with Gasteiger partial charge in [-0.1, -0.05) is 23.9 Å². The molecule has 6 heteroatoms. The van der Waals surface area contributed by atoms with Gasteiger partial charge in [0.2, 0.25) is 5.91 Å². The molecular formula is C16H14FN3OS. The molecule has 1 heterocycles. The standard InChI is InChI=1S/C16H14FN3OS/c1-11(12-4-6-14(17)7-5-12)20-15(21)10-22-16-13(9-18)3-2-8-19-16/h2-8,11H,10H2,1H3,(H,20,21). The van der Waals surface area contributed by atoms with E-state index < -0.39 is 0 Å². The number of halogens is 1. The molecule has 2 rings (SSSR count). The van der Waals surface area contributed by atoms with E-state index in [-0.39, 0.29) is 23.5 Å². The maximum atomic E-state index is 12.9. The number of benzene rings is 1. The largest absolute Gasteiger partial charge is 0.349 e. The molecule has 2 aromatic rings. The maximum absolute atomic E-state index is 12.9. The van der Waals surface area contributed by atoms with Crippen LogP contribution in [0.15, 0.2) is 47.6 Å². The number of aromatic nitrogens is 1. The summed E-state index contributed by atoms with van der Waals surface area (Å²) in [6.45, 7) is 1.83. The van der Waals surface area contributed by atoms with Crippen molar-refractivity contribution < 1.29 is 9.18 Å². The highest BCUT2D eigenvalue weighted by Crippen LogP contribution is 2.19. The predicted octanol–water partition coefficient (Wildman–Crippen LogP) is 3.06. The van der Waals surface area contributed by atoms with Gasteiger partial charge in [0.1, 0.15) is 16.9 Å². The summed E-state index contributed by atoms with van der Waals surface area (Å²) in [7, 11) is 0. The number of pyridine rings is 1. The van der Waals surface area contributed by atoms with Crippen LogP contribution in [0.2, 0.25) is 0 Å². The highest BCUT2D eigenvalue weighted by atomic mass is 32.2. The first-order valence-corrected chi connectivity index (χ1v) is 7.61. The molecule has 1 aromatic heterocycles. The van der Waals surface area contributed by atoms with Gasteiger partial charge in [0.05, 0.1) is 17.4 Å². The van der Waals surface area contributed by atoms with Crippen molar-refractivity contribution in [3.05, 3.63) is 59.5 Å². The number of nitrogens with zero attached hydrogens (tertiary/aromatic N) is 2. The van der Waals surface area contributed by atoms with Gasteiger partial charge < -0.3 is 5.32 Å². The van der Waals surface area contributed by atoms with E-state index in [0.29, 0.717) is 10.6 Å². The average molecular weight is 315 g/mol. The van der Waals surface area contributed by atoms with Crippen molar-refractivity contribution in [2.45, 2.75) is 18.0 Å². The van der Waals surface area contributed by atoms with Gasteiger partial charge in [-0.25, -0.2) is 9.37 Å². The Kier molecular flexibility index (Phi) is 5.50. The molecule has 0 saturated carbocycles. The van der Waals surface area contributed by atoms with E-state index >= 15 is 0 Å². The van der Waals surface area contributed by atoms with E-state index in [2.05, 4.69) is 10.3 Å². The molecule has 0 bridgehead atoms. The van der Waals surface area contributed by atoms with Crippen LogP contribution in [-0.2, 0) is 4.79 Å². The molecule has 1 aromatic carbocycles. The number of thioether (sulfide) groups is 1. The summed E-state index contributed by atoms with van der Waals surface area (Å²) in [5.41, 5.74) is 1.28. The smallest absolute Gasteiger partial charge is 0.230 e. The van der Waals surface area contributed by atoms with Crippen molar-refractivity contribution in [2.75, 3.05) is 5.75 Å². The molecule has 0 radical (unpaired) electrons. The number of nitriles is 1. The van der Waals surface area contributed by atoms with E-state index in [4.69, 9.17) is 5.26 Å². The van der Waals surface area contributed by atoms with Crippen molar-refractivity contribution in [3.8, 4) is 6.07 Å². The summed E-state index contributed by atoms with van der Waals surface area (Å²) in [6, 6.07) is 11.2. The van der Waals surface area contributed by atoms with Gasteiger partial charge in [-0.15, -0.1) is 0 Å². The van der Waals surface area contributed by atoms with Gasteiger partial charge in [-0.2, -0.15) is 5.26 Å². The SMILES string of the molecule is CC(NC(=O)CSc1ncccc1C#N)c1ccc(F)cc1. The summed E-state index contributed by atoms with van der Waals surface area (Å²) in [5, 5.41) is 12.3. The number of nitrogens with one attached hydrogen (secondary N) is 1. The fraction of sp³-hybridized carbons (Fsp3) is 0.188. The first-order valence-electron chi connectivity index (χ1n) is 6.63. The molecule has 0 aliphatic carbocycles. The normalized spacial score (nSPS) is 11.5. The topological polar surface area (TPSA) is 65.8 Å². The molecular weight excluding hydrogens is 301 g/mol. The zero-order valence-electron chi connectivity index (χ0n) is 11.9. The van der Waals surface area contributed by atoms with E-state index in [0.717, 1.165) is 5.56 Å². The molecule has 1 unspecified atom stereocenters.